The molecule has 1 saturated carbocycles. The van der Waals surface area contributed by atoms with E-state index in [2.05, 4.69) is 13.8 Å². The Morgan fingerprint density at radius 3 is 2.12 bits per heavy atom. The van der Waals surface area contributed by atoms with Crippen LogP contribution in [0.5, 0.6) is 0 Å². The normalized spacial score (nSPS) is 28.9. The predicted molar refractivity (Wildman–Crippen MR) is 65.2 cm³/mol. The lowest BCUT2D eigenvalue weighted by molar-refractivity contribution is 0.0132. The first-order chi connectivity index (χ1) is 7.66. The van der Waals surface area contributed by atoms with Gasteiger partial charge in [-0.2, -0.15) is 0 Å². The Labute approximate surface area is 99.8 Å². The maximum Gasteiger partial charge on any atom is 0.332 e. The summed E-state index contributed by atoms with van der Waals surface area (Å²) >= 11 is 0. The fourth-order valence-electron chi connectivity index (χ4n) is 2.06. The lowest BCUT2D eigenvalue weighted by Crippen LogP contribution is -2.29. The lowest BCUT2D eigenvalue weighted by atomic mass is 9.97. The molecule has 2 aliphatic rings. The van der Waals surface area contributed by atoms with E-state index in [1.54, 1.807) is 0 Å². The molecule has 94 valence electrons. The lowest BCUT2D eigenvalue weighted by Gasteiger charge is -2.34. The maximum atomic E-state index is 5.93. The first-order valence-electron chi connectivity index (χ1n) is 6.38. The van der Waals surface area contributed by atoms with Crippen LogP contribution in [0.25, 0.3) is 0 Å². The van der Waals surface area contributed by atoms with E-state index in [1.807, 2.05) is 0 Å². The van der Waals surface area contributed by atoms with Crippen molar-refractivity contribution in [1.82, 2.24) is 0 Å². The highest BCUT2D eigenvalue weighted by molar-refractivity contribution is 7.41. The van der Waals surface area contributed by atoms with Crippen molar-refractivity contribution in [2.75, 3.05) is 13.2 Å². The minimum absolute atomic E-state index is 0.144. The van der Waals surface area contributed by atoms with Gasteiger partial charge in [-0.1, -0.05) is 39.5 Å². The molecule has 0 aromatic heterocycles. The molecule has 0 spiro atoms. The SMILES string of the molecule is CC1(C)COP(OC2CCCCCC2)OC1. The molecule has 3 nitrogen and oxygen atoms in total. The molecule has 2 fully saturated rings. The summed E-state index contributed by atoms with van der Waals surface area (Å²) in [5, 5.41) is 0. The molecule has 1 aliphatic carbocycles. The van der Waals surface area contributed by atoms with E-state index in [9.17, 15) is 0 Å². The Morgan fingerprint density at radius 1 is 1.00 bits per heavy atom. The molecule has 0 radical (unpaired) electrons. The quantitative estimate of drug-likeness (QED) is 0.544. The Bertz CT molecular complexity index is 202. The van der Waals surface area contributed by atoms with Gasteiger partial charge in [0.1, 0.15) is 0 Å². The third kappa shape index (κ3) is 3.96. The second-order valence-electron chi connectivity index (χ2n) is 5.65. The molecule has 0 N–H and O–H groups in total. The first kappa shape index (κ1) is 12.8. The molecule has 0 aromatic rings. The summed E-state index contributed by atoms with van der Waals surface area (Å²) in [4.78, 5) is 0. The van der Waals surface area contributed by atoms with Crippen LogP contribution in [0.2, 0.25) is 0 Å². The van der Waals surface area contributed by atoms with Crippen LogP contribution in [0, 0.1) is 5.41 Å². The topological polar surface area (TPSA) is 27.7 Å². The third-order valence-corrected chi connectivity index (χ3v) is 4.31. The number of hydrogen-bond acceptors (Lipinski definition) is 3. The van der Waals surface area contributed by atoms with Crippen molar-refractivity contribution in [1.29, 1.82) is 0 Å². The monoisotopic (exact) mass is 246 g/mol. The van der Waals surface area contributed by atoms with Crippen molar-refractivity contribution in [3.05, 3.63) is 0 Å². The van der Waals surface area contributed by atoms with E-state index in [4.69, 9.17) is 13.6 Å². The summed E-state index contributed by atoms with van der Waals surface area (Å²) in [5.74, 6) is 0. The van der Waals surface area contributed by atoms with Crippen LogP contribution in [0.15, 0.2) is 0 Å². The Hall–Kier alpha value is 0.310. The van der Waals surface area contributed by atoms with Crippen LogP contribution in [0.1, 0.15) is 52.4 Å². The van der Waals surface area contributed by atoms with Gasteiger partial charge in [-0.15, -0.1) is 0 Å². The average Bonchev–Trinajstić information content (AvgIpc) is 2.50. The molecule has 1 saturated heterocycles. The molecular weight excluding hydrogens is 223 g/mol. The third-order valence-electron chi connectivity index (χ3n) is 3.16. The van der Waals surface area contributed by atoms with Gasteiger partial charge < -0.3 is 13.6 Å². The minimum atomic E-state index is -1.06. The molecule has 16 heavy (non-hydrogen) atoms. The fraction of sp³-hybridized carbons (Fsp3) is 1.00. The van der Waals surface area contributed by atoms with E-state index in [0.717, 1.165) is 13.2 Å². The van der Waals surface area contributed by atoms with Crippen LogP contribution in [-0.4, -0.2) is 19.3 Å². The zero-order valence-corrected chi connectivity index (χ0v) is 11.3. The second kappa shape index (κ2) is 5.77. The summed E-state index contributed by atoms with van der Waals surface area (Å²) < 4.78 is 17.2. The zero-order chi connectivity index (χ0) is 11.4. The summed E-state index contributed by atoms with van der Waals surface area (Å²) in [5.41, 5.74) is 0.144. The van der Waals surface area contributed by atoms with E-state index < -0.39 is 8.60 Å². The highest BCUT2D eigenvalue weighted by Gasteiger charge is 2.31. The molecule has 1 heterocycles. The molecule has 1 aliphatic heterocycles. The van der Waals surface area contributed by atoms with E-state index >= 15 is 0 Å². The maximum absolute atomic E-state index is 5.93. The van der Waals surface area contributed by atoms with Gasteiger partial charge in [-0.05, 0) is 12.8 Å². The fourth-order valence-corrected chi connectivity index (χ4v) is 3.62. The molecule has 4 heteroatoms. The van der Waals surface area contributed by atoms with Gasteiger partial charge in [0.15, 0.2) is 0 Å². The van der Waals surface area contributed by atoms with E-state index in [1.165, 1.54) is 38.5 Å². The Balaban J connectivity index is 1.73. The van der Waals surface area contributed by atoms with Gasteiger partial charge in [0, 0.05) is 5.41 Å². The van der Waals surface area contributed by atoms with Crippen LogP contribution < -0.4 is 0 Å². The summed E-state index contributed by atoms with van der Waals surface area (Å²) in [6.07, 6.45) is 8.01. The first-order valence-corrected chi connectivity index (χ1v) is 7.48. The molecule has 0 bridgehead atoms. The van der Waals surface area contributed by atoms with Crippen molar-refractivity contribution in [3.63, 3.8) is 0 Å². The summed E-state index contributed by atoms with van der Waals surface area (Å²) in [6.45, 7) is 5.83. The number of hydrogen-bond donors (Lipinski definition) is 0. The molecule has 0 amide bonds. The van der Waals surface area contributed by atoms with Crippen LogP contribution >= 0.6 is 8.60 Å². The van der Waals surface area contributed by atoms with Crippen molar-refractivity contribution in [2.45, 2.75) is 58.5 Å². The van der Waals surface area contributed by atoms with Crippen molar-refractivity contribution < 1.29 is 13.6 Å². The van der Waals surface area contributed by atoms with Gasteiger partial charge in [0.25, 0.3) is 0 Å². The van der Waals surface area contributed by atoms with Gasteiger partial charge in [0.05, 0.1) is 19.3 Å². The highest BCUT2D eigenvalue weighted by atomic mass is 31.2. The molecular formula is C12H23O3P. The highest BCUT2D eigenvalue weighted by Crippen LogP contribution is 2.48. The zero-order valence-electron chi connectivity index (χ0n) is 10.4. The van der Waals surface area contributed by atoms with Gasteiger partial charge in [-0.25, -0.2) is 0 Å². The molecule has 0 atom stereocenters. The van der Waals surface area contributed by atoms with Crippen LogP contribution in [0.4, 0.5) is 0 Å². The Morgan fingerprint density at radius 2 is 1.56 bits per heavy atom. The summed E-state index contributed by atoms with van der Waals surface area (Å²) in [6, 6.07) is 0. The average molecular weight is 246 g/mol. The smallest absolute Gasteiger partial charge is 0.312 e. The van der Waals surface area contributed by atoms with Gasteiger partial charge in [0.2, 0.25) is 0 Å². The standard InChI is InChI=1S/C12H23O3P/c1-12(2)9-13-16(14-10-12)15-11-7-5-3-4-6-8-11/h11H,3-10H2,1-2H3. The molecule has 0 aromatic carbocycles. The van der Waals surface area contributed by atoms with E-state index in [0.29, 0.717) is 6.10 Å². The Kier molecular flexibility index (Phi) is 4.60. The van der Waals surface area contributed by atoms with Crippen molar-refractivity contribution in [2.24, 2.45) is 5.41 Å². The molecule has 2 rings (SSSR count). The van der Waals surface area contributed by atoms with Crippen molar-refractivity contribution in [3.8, 4) is 0 Å². The van der Waals surface area contributed by atoms with Crippen LogP contribution in [0.3, 0.4) is 0 Å². The van der Waals surface area contributed by atoms with Gasteiger partial charge in [-0.3, -0.25) is 0 Å². The van der Waals surface area contributed by atoms with E-state index in [-0.39, 0.29) is 5.41 Å². The molecule has 0 unspecified atom stereocenters. The second-order valence-corrected chi connectivity index (χ2v) is 6.83. The predicted octanol–water partition coefficient (Wildman–Crippen LogP) is 4.03. The number of rotatable bonds is 2. The van der Waals surface area contributed by atoms with Gasteiger partial charge >= 0.3 is 8.60 Å². The van der Waals surface area contributed by atoms with Crippen LogP contribution in [-0.2, 0) is 13.6 Å². The largest absolute Gasteiger partial charge is 0.332 e. The van der Waals surface area contributed by atoms with Crippen molar-refractivity contribution >= 4 is 8.60 Å². The minimum Gasteiger partial charge on any atom is -0.312 e. The summed E-state index contributed by atoms with van der Waals surface area (Å²) in [7, 11) is -1.06.